The third-order valence-corrected chi connectivity index (χ3v) is 6.19. The molecule has 0 radical (unpaired) electrons. The van der Waals surface area contributed by atoms with Crippen LogP contribution in [0.25, 0.3) is 10.8 Å². The Morgan fingerprint density at radius 1 is 0.969 bits per heavy atom. The van der Waals surface area contributed by atoms with Crippen LogP contribution in [0.1, 0.15) is 31.2 Å². The molecule has 3 aromatic carbocycles. The van der Waals surface area contributed by atoms with E-state index in [1.165, 1.54) is 12.1 Å². The number of hydrogen-bond donors (Lipinski definition) is 2. The number of nitrogens with one attached hydrogen (secondary N) is 1. The van der Waals surface area contributed by atoms with Crippen LogP contribution in [-0.2, 0) is 14.8 Å². The molecular weight excluding hydrogens is 428 g/mol. The molecule has 1 unspecified atom stereocenters. The van der Waals surface area contributed by atoms with E-state index < -0.39 is 10.0 Å². The summed E-state index contributed by atoms with van der Waals surface area (Å²) >= 11 is 0. The minimum absolute atomic E-state index is 0.0163. The number of ether oxygens (including phenoxy) is 2. The number of hydrogen-bond acceptors (Lipinski definition) is 5. The van der Waals surface area contributed by atoms with Gasteiger partial charge in [0.15, 0.2) is 0 Å². The molecule has 1 amide bonds. The summed E-state index contributed by atoms with van der Waals surface area (Å²) in [6.45, 7) is 2.92. The molecule has 0 aliphatic heterocycles. The van der Waals surface area contributed by atoms with Crippen molar-refractivity contribution in [1.29, 1.82) is 0 Å². The lowest BCUT2D eigenvalue weighted by atomic mass is 9.97. The van der Waals surface area contributed by atoms with Gasteiger partial charge in [-0.3, -0.25) is 4.79 Å². The van der Waals surface area contributed by atoms with E-state index in [-0.39, 0.29) is 16.7 Å². The van der Waals surface area contributed by atoms with Crippen molar-refractivity contribution in [2.24, 2.45) is 5.14 Å². The minimum Gasteiger partial charge on any atom is -0.497 e. The molecule has 0 saturated carbocycles. The Labute approximate surface area is 188 Å². The second kappa shape index (κ2) is 10.5. The van der Waals surface area contributed by atoms with Crippen LogP contribution in [0, 0.1) is 0 Å². The molecule has 0 aliphatic carbocycles. The Balaban J connectivity index is 1.41. The van der Waals surface area contributed by atoms with Crippen LogP contribution in [0.3, 0.4) is 0 Å². The highest BCUT2D eigenvalue weighted by atomic mass is 32.2. The number of nitrogens with two attached hydrogens (primary N) is 1. The zero-order valence-corrected chi connectivity index (χ0v) is 19.0. The topological polar surface area (TPSA) is 108 Å². The first-order valence-corrected chi connectivity index (χ1v) is 11.9. The third-order valence-electron chi connectivity index (χ3n) is 5.26. The number of methoxy groups -OCH3 is 1. The molecule has 0 aliphatic rings. The van der Waals surface area contributed by atoms with Gasteiger partial charge in [-0.1, -0.05) is 24.3 Å². The Hall–Kier alpha value is -3.10. The highest BCUT2D eigenvalue weighted by Crippen LogP contribution is 2.25. The molecule has 0 fully saturated rings. The molecule has 7 nitrogen and oxygen atoms in total. The van der Waals surface area contributed by atoms with Crippen LogP contribution in [0.5, 0.6) is 11.5 Å². The molecule has 170 valence electrons. The summed E-state index contributed by atoms with van der Waals surface area (Å²) in [4.78, 5) is 12.6. The van der Waals surface area contributed by atoms with E-state index in [1.54, 1.807) is 19.2 Å². The lowest BCUT2D eigenvalue weighted by molar-refractivity contribution is -0.122. The van der Waals surface area contributed by atoms with E-state index in [4.69, 9.17) is 14.6 Å². The summed E-state index contributed by atoms with van der Waals surface area (Å²) in [6.07, 6.45) is 1.52. The first-order valence-electron chi connectivity index (χ1n) is 10.4. The van der Waals surface area contributed by atoms with Gasteiger partial charge >= 0.3 is 0 Å². The molecule has 0 bridgehead atoms. The molecule has 3 N–H and O–H groups in total. The number of unbranched alkanes of at least 4 members (excludes halogenated alkanes) is 1. The molecule has 0 saturated heterocycles. The monoisotopic (exact) mass is 456 g/mol. The first-order chi connectivity index (χ1) is 15.3. The molecule has 3 rings (SSSR count). The van der Waals surface area contributed by atoms with E-state index in [0.717, 1.165) is 34.9 Å². The van der Waals surface area contributed by atoms with E-state index in [1.807, 2.05) is 43.3 Å². The van der Waals surface area contributed by atoms with Crippen molar-refractivity contribution < 1.29 is 22.7 Å². The highest BCUT2D eigenvalue weighted by Gasteiger charge is 2.15. The quantitative estimate of drug-likeness (QED) is 0.454. The molecule has 0 heterocycles. The number of sulfonamides is 1. The summed E-state index contributed by atoms with van der Waals surface area (Å²) < 4.78 is 33.3. The van der Waals surface area contributed by atoms with Gasteiger partial charge in [-0.15, -0.1) is 0 Å². The fourth-order valence-corrected chi connectivity index (χ4v) is 3.81. The van der Waals surface area contributed by atoms with Gasteiger partial charge in [-0.2, -0.15) is 0 Å². The average molecular weight is 457 g/mol. The zero-order valence-electron chi connectivity index (χ0n) is 18.2. The van der Waals surface area contributed by atoms with Gasteiger partial charge in [-0.05, 0) is 72.5 Å². The van der Waals surface area contributed by atoms with E-state index in [2.05, 4.69) is 5.32 Å². The predicted octanol–water partition coefficient (Wildman–Crippen LogP) is 3.57. The number of amides is 1. The maximum atomic E-state index is 12.5. The lowest BCUT2D eigenvalue weighted by Gasteiger charge is -2.14. The molecule has 0 aromatic heterocycles. The summed E-state index contributed by atoms with van der Waals surface area (Å²) in [5.41, 5.74) is 0.964. The number of rotatable bonds is 10. The van der Waals surface area contributed by atoms with E-state index >= 15 is 0 Å². The predicted molar refractivity (Wildman–Crippen MR) is 124 cm³/mol. The van der Waals surface area contributed by atoms with Gasteiger partial charge in [0.2, 0.25) is 15.9 Å². The van der Waals surface area contributed by atoms with Gasteiger partial charge < -0.3 is 14.8 Å². The maximum Gasteiger partial charge on any atom is 0.238 e. The van der Waals surface area contributed by atoms with Crippen molar-refractivity contribution in [3.63, 3.8) is 0 Å². The van der Waals surface area contributed by atoms with Gasteiger partial charge in [-0.25, -0.2) is 13.6 Å². The van der Waals surface area contributed by atoms with Crippen molar-refractivity contribution in [2.75, 3.05) is 20.3 Å². The average Bonchev–Trinajstić information content (AvgIpc) is 2.79. The van der Waals surface area contributed by atoms with Gasteiger partial charge in [0.05, 0.1) is 24.5 Å². The van der Waals surface area contributed by atoms with Crippen LogP contribution in [0.15, 0.2) is 65.6 Å². The molecule has 3 aromatic rings. The first kappa shape index (κ1) is 23.6. The smallest absolute Gasteiger partial charge is 0.238 e. The maximum absolute atomic E-state index is 12.5. The number of benzene rings is 3. The lowest BCUT2D eigenvalue weighted by Crippen LogP contribution is -2.29. The van der Waals surface area contributed by atoms with Crippen molar-refractivity contribution >= 4 is 26.7 Å². The number of primary sulfonamides is 1. The van der Waals surface area contributed by atoms with Crippen molar-refractivity contribution in [2.45, 2.75) is 30.6 Å². The third kappa shape index (κ3) is 6.21. The summed E-state index contributed by atoms with van der Waals surface area (Å²) in [5.74, 6) is 1.11. The molecule has 32 heavy (non-hydrogen) atoms. The second-order valence-electron chi connectivity index (χ2n) is 7.56. The Kier molecular flexibility index (Phi) is 7.71. The van der Waals surface area contributed by atoms with Crippen LogP contribution < -0.4 is 19.9 Å². The Morgan fingerprint density at radius 3 is 2.31 bits per heavy atom. The van der Waals surface area contributed by atoms with Crippen LogP contribution >= 0.6 is 0 Å². The fraction of sp³-hybridized carbons (Fsp3) is 0.292. The van der Waals surface area contributed by atoms with Crippen LogP contribution in [0.4, 0.5) is 0 Å². The fourth-order valence-electron chi connectivity index (χ4n) is 3.30. The zero-order chi connectivity index (χ0) is 23.1. The molecule has 1 atom stereocenters. The SMILES string of the molecule is COc1ccc2cc(C(C)C(=O)NCCCCOc3ccc(S(N)(=O)=O)cc3)ccc2c1. The van der Waals surface area contributed by atoms with Crippen LogP contribution in [-0.4, -0.2) is 34.6 Å². The van der Waals surface area contributed by atoms with E-state index in [9.17, 15) is 13.2 Å². The molecule has 0 spiro atoms. The highest BCUT2D eigenvalue weighted by molar-refractivity contribution is 7.89. The van der Waals surface area contributed by atoms with Gasteiger partial charge in [0.1, 0.15) is 11.5 Å². The number of fused-ring (bicyclic) bond motifs is 1. The summed E-state index contributed by atoms with van der Waals surface area (Å²) in [5, 5.41) is 10.2. The summed E-state index contributed by atoms with van der Waals surface area (Å²) in [7, 11) is -2.06. The number of carbonyl (C=O) groups is 1. The molecule has 8 heteroatoms. The van der Waals surface area contributed by atoms with Crippen molar-refractivity contribution in [3.8, 4) is 11.5 Å². The second-order valence-corrected chi connectivity index (χ2v) is 9.12. The van der Waals surface area contributed by atoms with Crippen molar-refractivity contribution in [3.05, 3.63) is 66.2 Å². The van der Waals surface area contributed by atoms with Gasteiger partial charge in [0, 0.05) is 6.54 Å². The molecular formula is C24H28N2O5S. The van der Waals surface area contributed by atoms with Gasteiger partial charge in [0.25, 0.3) is 0 Å². The normalized spacial score (nSPS) is 12.3. The number of carbonyl (C=O) groups excluding carboxylic acids is 1. The Bertz CT molecular complexity index is 1180. The standard InChI is InChI=1S/C24H28N2O5S/c1-17(18-5-6-20-16-22(30-2)8-7-19(20)15-18)24(27)26-13-3-4-14-31-21-9-11-23(12-10-21)32(25,28)29/h5-12,15-17H,3-4,13-14H2,1-2H3,(H,26,27)(H2,25,28,29). The Morgan fingerprint density at radius 2 is 1.62 bits per heavy atom. The minimum atomic E-state index is -3.70. The summed E-state index contributed by atoms with van der Waals surface area (Å²) in [6, 6.07) is 17.9. The van der Waals surface area contributed by atoms with Crippen molar-refractivity contribution in [1.82, 2.24) is 5.32 Å². The largest absolute Gasteiger partial charge is 0.497 e. The van der Waals surface area contributed by atoms with E-state index in [0.29, 0.717) is 18.9 Å². The van der Waals surface area contributed by atoms with Crippen LogP contribution in [0.2, 0.25) is 0 Å².